The van der Waals surface area contributed by atoms with E-state index in [9.17, 15) is 13.2 Å². The van der Waals surface area contributed by atoms with Gasteiger partial charge in [-0.3, -0.25) is 0 Å². The van der Waals surface area contributed by atoms with Crippen LogP contribution in [0.3, 0.4) is 0 Å². The lowest BCUT2D eigenvalue weighted by Gasteiger charge is -2.32. The van der Waals surface area contributed by atoms with Gasteiger partial charge in [0.05, 0.1) is 5.25 Å². The molecule has 0 bridgehead atoms. The standard InChI is InChI=1S/C19H32N2O4S/c1-8-15(4)21(18(22)20-19(5,6)7)13-16-9-11-17(12-10-16)25-26(23,24)14(2)3/h9-12,14-15H,8,13H2,1-7H3,(H,20,22)/t15-/m0/s1. The van der Waals surface area contributed by atoms with Crippen LogP contribution >= 0.6 is 0 Å². The largest absolute Gasteiger partial charge is 0.382 e. The Labute approximate surface area is 158 Å². The molecule has 0 radical (unpaired) electrons. The molecule has 0 aromatic heterocycles. The molecular weight excluding hydrogens is 352 g/mol. The molecule has 148 valence electrons. The molecule has 0 aliphatic heterocycles. The van der Waals surface area contributed by atoms with Crippen LogP contribution in [0.15, 0.2) is 24.3 Å². The van der Waals surface area contributed by atoms with Crippen molar-refractivity contribution in [3.63, 3.8) is 0 Å². The molecule has 0 unspecified atom stereocenters. The van der Waals surface area contributed by atoms with E-state index in [1.165, 1.54) is 0 Å². The molecule has 1 aromatic carbocycles. The maximum atomic E-state index is 12.6. The highest BCUT2D eigenvalue weighted by atomic mass is 32.2. The number of benzene rings is 1. The summed E-state index contributed by atoms with van der Waals surface area (Å²) in [5.41, 5.74) is 0.592. The van der Waals surface area contributed by atoms with Gasteiger partial charge in [-0.2, -0.15) is 8.42 Å². The summed E-state index contributed by atoms with van der Waals surface area (Å²) in [6.45, 7) is 13.5. The van der Waals surface area contributed by atoms with E-state index in [1.54, 1.807) is 43.0 Å². The van der Waals surface area contributed by atoms with Crippen LogP contribution in [0.25, 0.3) is 0 Å². The smallest absolute Gasteiger partial charge is 0.318 e. The minimum atomic E-state index is -3.61. The minimum absolute atomic E-state index is 0.0783. The molecule has 26 heavy (non-hydrogen) atoms. The second-order valence-electron chi connectivity index (χ2n) is 7.83. The van der Waals surface area contributed by atoms with Gasteiger partial charge in [0.1, 0.15) is 5.75 Å². The van der Waals surface area contributed by atoms with Crippen molar-refractivity contribution in [3.05, 3.63) is 29.8 Å². The normalized spacial score (nSPS) is 13.4. The highest BCUT2D eigenvalue weighted by Crippen LogP contribution is 2.19. The fraction of sp³-hybridized carbons (Fsp3) is 0.632. The van der Waals surface area contributed by atoms with E-state index in [2.05, 4.69) is 5.32 Å². The molecule has 0 fully saturated rings. The average Bonchev–Trinajstić information content (AvgIpc) is 2.51. The Bertz CT molecular complexity index is 691. The van der Waals surface area contributed by atoms with E-state index in [1.807, 2.05) is 34.6 Å². The van der Waals surface area contributed by atoms with Crippen LogP contribution in [-0.2, 0) is 16.7 Å². The maximum absolute atomic E-state index is 12.6. The lowest BCUT2D eigenvalue weighted by atomic mass is 10.1. The van der Waals surface area contributed by atoms with Gasteiger partial charge >= 0.3 is 16.1 Å². The number of nitrogens with zero attached hydrogens (tertiary/aromatic N) is 1. The molecule has 1 aromatic rings. The fourth-order valence-electron chi connectivity index (χ4n) is 2.12. The van der Waals surface area contributed by atoms with E-state index >= 15 is 0 Å². The minimum Gasteiger partial charge on any atom is -0.382 e. The molecule has 0 spiro atoms. The average molecular weight is 385 g/mol. The van der Waals surface area contributed by atoms with E-state index in [0.29, 0.717) is 6.54 Å². The van der Waals surface area contributed by atoms with Crippen molar-refractivity contribution in [2.45, 2.75) is 78.3 Å². The molecule has 1 atom stereocenters. The Morgan fingerprint density at radius 1 is 1.15 bits per heavy atom. The third-order valence-electron chi connectivity index (χ3n) is 3.93. The number of urea groups is 1. The van der Waals surface area contributed by atoms with Gasteiger partial charge in [-0.1, -0.05) is 19.1 Å². The second-order valence-corrected chi connectivity index (χ2v) is 9.93. The number of nitrogens with one attached hydrogen (secondary N) is 1. The predicted molar refractivity (Wildman–Crippen MR) is 105 cm³/mol. The Hall–Kier alpha value is -1.76. The van der Waals surface area contributed by atoms with Gasteiger partial charge in [-0.15, -0.1) is 0 Å². The number of hydrogen-bond donors (Lipinski definition) is 1. The summed E-state index contributed by atoms with van der Waals surface area (Å²) >= 11 is 0. The predicted octanol–water partition coefficient (Wildman–Crippen LogP) is 3.91. The first-order valence-electron chi connectivity index (χ1n) is 8.96. The van der Waals surface area contributed by atoms with Crippen LogP contribution in [0.5, 0.6) is 5.75 Å². The molecule has 0 aliphatic rings. The van der Waals surface area contributed by atoms with Crippen LogP contribution < -0.4 is 9.50 Å². The van der Waals surface area contributed by atoms with E-state index in [-0.39, 0.29) is 23.4 Å². The van der Waals surface area contributed by atoms with Gasteiger partial charge in [0.25, 0.3) is 0 Å². The summed E-state index contributed by atoms with van der Waals surface area (Å²) in [5.74, 6) is 0.275. The summed E-state index contributed by atoms with van der Waals surface area (Å²) in [6.07, 6.45) is 0.839. The van der Waals surface area contributed by atoms with E-state index in [0.717, 1.165) is 12.0 Å². The lowest BCUT2D eigenvalue weighted by Crippen LogP contribution is -2.50. The van der Waals surface area contributed by atoms with Crippen molar-refractivity contribution in [2.75, 3.05) is 0 Å². The van der Waals surface area contributed by atoms with Gasteiger partial charge < -0.3 is 14.4 Å². The monoisotopic (exact) mass is 384 g/mol. The number of amides is 2. The lowest BCUT2D eigenvalue weighted by molar-refractivity contribution is 0.165. The Morgan fingerprint density at radius 2 is 1.69 bits per heavy atom. The van der Waals surface area contributed by atoms with E-state index < -0.39 is 15.4 Å². The summed E-state index contributed by atoms with van der Waals surface area (Å²) in [5, 5.41) is 2.39. The molecule has 0 saturated heterocycles. The highest BCUT2D eigenvalue weighted by Gasteiger charge is 2.23. The highest BCUT2D eigenvalue weighted by molar-refractivity contribution is 7.87. The second kappa shape index (κ2) is 8.75. The van der Waals surface area contributed by atoms with Crippen molar-refractivity contribution in [3.8, 4) is 5.75 Å². The van der Waals surface area contributed by atoms with Crippen LogP contribution in [0.1, 0.15) is 60.5 Å². The molecule has 0 aliphatic carbocycles. The first-order valence-corrected chi connectivity index (χ1v) is 10.4. The van der Waals surface area contributed by atoms with Crippen LogP contribution in [-0.4, -0.2) is 36.2 Å². The number of carbonyl (C=O) groups is 1. The van der Waals surface area contributed by atoms with Gasteiger partial charge in [-0.05, 0) is 65.7 Å². The SMILES string of the molecule is CC[C@H](C)N(Cc1ccc(OS(=O)(=O)C(C)C)cc1)C(=O)NC(C)(C)C. The molecule has 0 heterocycles. The summed E-state index contributed by atoms with van der Waals surface area (Å²) in [6, 6.07) is 6.76. The third kappa shape index (κ3) is 6.86. The van der Waals surface area contributed by atoms with Crippen molar-refractivity contribution in [2.24, 2.45) is 0 Å². The summed E-state index contributed by atoms with van der Waals surface area (Å²) in [4.78, 5) is 14.4. The maximum Gasteiger partial charge on any atom is 0.318 e. The molecule has 0 saturated carbocycles. The van der Waals surface area contributed by atoms with Crippen LogP contribution in [0.4, 0.5) is 4.79 Å². The Morgan fingerprint density at radius 3 is 2.12 bits per heavy atom. The first-order chi connectivity index (χ1) is 11.9. The van der Waals surface area contributed by atoms with Gasteiger partial charge in [0.2, 0.25) is 0 Å². The molecule has 7 heteroatoms. The van der Waals surface area contributed by atoms with E-state index in [4.69, 9.17) is 4.18 Å². The topological polar surface area (TPSA) is 75.7 Å². The van der Waals surface area contributed by atoms with Gasteiger partial charge in [-0.25, -0.2) is 4.79 Å². The van der Waals surface area contributed by atoms with Crippen molar-refractivity contribution >= 4 is 16.1 Å². The Balaban J connectivity index is 2.91. The number of rotatable bonds is 7. The number of hydrogen-bond acceptors (Lipinski definition) is 4. The van der Waals surface area contributed by atoms with Crippen LogP contribution in [0, 0.1) is 0 Å². The summed E-state index contributed by atoms with van der Waals surface area (Å²) in [7, 11) is -3.61. The van der Waals surface area contributed by atoms with Crippen LogP contribution in [0.2, 0.25) is 0 Å². The zero-order valence-corrected chi connectivity index (χ0v) is 17.7. The van der Waals surface area contributed by atoms with Crippen molar-refractivity contribution in [1.82, 2.24) is 10.2 Å². The third-order valence-corrected chi connectivity index (χ3v) is 5.51. The fourth-order valence-corrected chi connectivity index (χ4v) is 2.69. The zero-order valence-electron chi connectivity index (χ0n) is 16.9. The van der Waals surface area contributed by atoms with Gasteiger partial charge in [0, 0.05) is 18.1 Å². The molecule has 1 rings (SSSR count). The number of carbonyl (C=O) groups excluding carboxylic acids is 1. The zero-order chi connectivity index (χ0) is 20.1. The summed E-state index contributed by atoms with van der Waals surface area (Å²) < 4.78 is 28.7. The first kappa shape index (κ1) is 22.3. The molecule has 2 amide bonds. The quantitative estimate of drug-likeness (QED) is 0.723. The molecule has 1 N–H and O–H groups in total. The molecule has 6 nitrogen and oxygen atoms in total. The van der Waals surface area contributed by atoms with Crippen molar-refractivity contribution < 1.29 is 17.4 Å². The molecular formula is C19H32N2O4S. The van der Waals surface area contributed by atoms with Crippen molar-refractivity contribution in [1.29, 1.82) is 0 Å². The Kier molecular flexibility index (Phi) is 7.50. The van der Waals surface area contributed by atoms with Gasteiger partial charge in [0.15, 0.2) is 0 Å².